The fraction of sp³-hybridized carbons (Fsp3) is 0.222. The summed E-state index contributed by atoms with van der Waals surface area (Å²) in [7, 11) is -4.33. The summed E-state index contributed by atoms with van der Waals surface area (Å²) in [6, 6.07) is 7.89. The zero-order valence-electron chi connectivity index (χ0n) is 15.4. The largest absolute Gasteiger partial charge is 0.416 e. The first-order chi connectivity index (χ1) is 13.4. The number of benzene rings is 2. The summed E-state index contributed by atoms with van der Waals surface area (Å²) in [5, 5.41) is 5.03. The minimum absolute atomic E-state index is 0.301. The van der Waals surface area contributed by atoms with Crippen LogP contribution in [0.5, 0.6) is 0 Å². The van der Waals surface area contributed by atoms with Crippen molar-refractivity contribution < 1.29 is 31.2 Å². The second-order valence-corrected chi connectivity index (χ2v) is 7.88. The summed E-state index contributed by atoms with van der Waals surface area (Å²) >= 11 is 0. The van der Waals surface area contributed by atoms with Gasteiger partial charge in [-0.15, -0.1) is 0 Å². The highest BCUT2D eigenvalue weighted by atomic mass is 32.2. The number of alkyl halides is 3. The minimum Gasteiger partial charge on any atom is -0.326 e. The van der Waals surface area contributed by atoms with Gasteiger partial charge in [0.05, 0.1) is 17.0 Å². The van der Waals surface area contributed by atoms with Gasteiger partial charge in [0.1, 0.15) is 0 Å². The smallest absolute Gasteiger partial charge is 0.326 e. The number of anilines is 2. The van der Waals surface area contributed by atoms with E-state index < -0.39 is 39.1 Å². The van der Waals surface area contributed by atoms with Crippen LogP contribution in [0, 0.1) is 6.92 Å². The second-order valence-electron chi connectivity index (χ2n) is 6.11. The van der Waals surface area contributed by atoms with Crippen LogP contribution in [0.1, 0.15) is 18.1 Å². The normalized spacial score (nSPS) is 11.8. The number of carbonyl (C=O) groups is 2. The molecule has 7 nitrogen and oxygen atoms in total. The molecule has 0 saturated heterocycles. The van der Waals surface area contributed by atoms with Crippen LogP contribution in [0.3, 0.4) is 0 Å². The van der Waals surface area contributed by atoms with E-state index in [1.165, 1.54) is 13.0 Å². The standard InChI is InChI=1S/C18H18F3N3O4S/c1-11-6-7-14(9-16(11)23-12(2)25)24-17(26)10-22-29(27,28)15-5-3-4-13(8-15)18(19,20)21/h3-9,22H,10H2,1-2H3,(H,23,25)(H,24,26). The van der Waals surface area contributed by atoms with Crippen molar-refractivity contribution in [3.8, 4) is 0 Å². The van der Waals surface area contributed by atoms with Gasteiger partial charge in [0.2, 0.25) is 21.8 Å². The highest BCUT2D eigenvalue weighted by molar-refractivity contribution is 7.89. The quantitative estimate of drug-likeness (QED) is 0.657. The van der Waals surface area contributed by atoms with Gasteiger partial charge in [0, 0.05) is 18.3 Å². The molecule has 2 rings (SSSR count). The number of sulfonamides is 1. The average Bonchev–Trinajstić information content (AvgIpc) is 2.62. The lowest BCUT2D eigenvalue weighted by molar-refractivity contribution is -0.137. The predicted octanol–water partition coefficient (Wildman–Crippen LogP) is 2.89. The number of hydrogen-bond donors (Lipinski definition) is 3. The Morgan fingerprint density at radius 2 is 1.72 bits per heavy atom. The van der Waals surface area contributed by atoms with Crippen molar-refractivity contribution in [1.82, 2.24) is 4.72 Å². The van der Waals surface area contributed by atoms with Gasteiger partial charge in [-0.2, -0.15) is 13.2 Å². The topological polar surface area (TPSA) is 104 Å². The zero-order valence-corrected chi connectivity index (χ0v) is 16.2. The van der Waals surface area contributed by atoms with Gasteiger partial charge in [0.15, 0.2) is 0 Å². The molecule has 0 aliphatic rings. The van der Waals surface area contributed by atoms with Crippen LogP contribution in [-0.2, 0) is 25.8 Å². The minimum atomic E-state index is -4.69. The monoisotopic (exact) mass is 429 g/mol. The molecule has 0 spiro atoms. The summed E-state index contributed by atoms with van der Waals surface area (Å²) in [5.74, 6) is -1.04. The van der Waals surface area contributed by atoms with E-state index in [-0.39, 0.29) is 5.91 Å². The molecule has 0 aliphatic carbocycles. The molecule has 2 aromatic rings. The maximum atomic E-state index is 12.7. The Bertz CT molecular complexity index is 1040. The van der Waals surface area contributed by atoms with Gasteiger partial charge in [-0.1, -0.05) is 12.1 Å². The maximum Gasteiger partial charge on any atom is 0.416 e. The lowest BCUT2D eigenvalue weighted by Gasteiger charge is -2.12. The fourth-order valence-corrected chi connectivity index (χ4v) is 3.34. The van der Waals surface area contributed by atoms with Crippen LogP contribution in [0.25, 0.3) is 0 Å². The number of carbonyl (C=O) groups excluding carboxylic acids is 2. The molecule has 0 aliphatic heterocycles. The van der Waals surface area contributed by atoms with Gasteiger partial charge in [-0.25, -0.2) is 13.1 Å². The molecule has 0 atom stereocenters. The van der Waals surface area contributed by atoms with Crippen molar-refractivity contribution in [2.24, 2.45) is 0 Å². The second kappa shape index (κ2) is 8.62. The van der Waals surface area contributed by atoms with Crippen LogP contribution in [0.15, 0.2) is 47.4 Å². The fourth-order valence-electron chi connectivity index (χ4n) is 2.31. The van der Waals surface area contributed by atoms with Crippen LogP contribution >= 0.6 is 0 Å². The first kappa shape index (κ1) is 22.4. The molecule has 11 heteroatoms. The first-order valence-corrected chi connectivity index (χ1v) is 9.72. The number of aryl methyl sites for hydroxylation is 1. The number of halogens is 3. The van der Waals surface area contributed by atoms with E-state index in [0.717, 1.165) is 23.8 Å². The molecule has 0 radical (unpaired) electrons. The molecule has 0 bridgehead atoms. The Morgan fingerprint density at radius 3 is 2.34 bits per heavy atom. The predicted molar refractivity (Wildman–Crippen MR) is 101 cm³/mol. The first-order valence-electron chi connectivity index (χ1n) is 8.23. The van der Waals surface area contributed by atoms with Crippen LogP contribution in [-0.4, -0.2) is 26.8 Å². The van der Waals surface area contributed by atoms with E-state index in [0.29, 0.717) is 17.4 Å². The lowest BCUT2D eigenvalue weighted by Crippen LogP contribution is -2.33. The third-order valence-electron chi connectivity index (χ3n) is 3.73. The third kappa shape index (κ3) is 6.29. The molecule has 0 aromatic heterocycles. The molecule has 156 valence electrons. The molecule has 0 unspecified atom stereocenters. The molecular weight excluding hydrogens is 411 g/mol. The molecular formula is C18H18F3N3O4S. The van der Waals surface area contributed by atoms with Gasteiger partial charge < -0.3 is 10.6 Å². The van der Waals surface area contributed by atoms with E-state index in [2.05, 4.69) is 10.6 Å². The van der Waals surface area contributed by atoms with Crippen molar-refractivity contribution in [2.75, 3.05) is 17.2 Å². The highest BCUT2D eigenvalue weighted by Crippen LogP contribution is 2.30. The molecule has 2 amide bonds. The Morgan fingerprint density at radius 1 is 1.03 bits per heavy atom. The van der Waals surface area contributed by atoms with Gasteiger partial charge in [-0.05, 0) is 42.8 Å². The Hall–Kier alpha value is -2.92. The number of rotatable bonds is 6. The molecule has 0 fully saturated rings. The summed E-state index contributed by atoms with van der Waals surface area (Å²) in [4.78, 5) is 22.6. The summed E-state index contributed by atoms with van der Waals surface area (Å²) < 4.78 is 64.6. The SMILES string of the molecule is CC(=O)Nc1cc(NC(=O)CNS(=O)(=O)c2cccc(C(F)(F)F)c2)ccc1C. The van der Waals surface area contributed by atoms with E-state index in [1.54, 1.807) is 19.1 Å². The van der Waals surface area contributed by atoms with Gasteiger partial charge in [0.25, 0.3) is 0 Å². The molecule has 0 saturated carbocycles. The Kier molecular flexibility index (Phi) is 6.65. The van der Waals surface area contributed by atoms with Gasteiger partial charge >= 0.3 is 6.18 Å². The van der Waals surface area contributed by atoms with Crippen molar-refractivity contribution in [1.29, 1.82) is 0 Å². The number of hydrogen-bond acceptors (Lipinski definition) is 4. The maximum absolute atomic E-state index is 12.7. The lowest BCUT2D eigenvalue weighted by atomic mass is 10.1. The van der Waals surface area contributed by atoms with Crippen LogP contribution in [0.4, 0.5) is 24.5 Å². The number of nitrogens with one attached hydrogen (secondary N) is 3. The molecule has 0 heterocycles. The van der Waals surface area contributed by atoms with Crippen molar-refractivity contribution >= 4 is 33.2 Å². The van der Waals surface area contributed by atoms with E-state index in [4.69, 9.17) is 0 Å². The van der Waals surface area contributed by atoms with Crippen LogP contribution in [0.2, 0.25) is 0 Å². The third-order valence-corrected chi connectivity index (χ3v) is 5.13. The van der Waals surface area contributed by atoms with E-state index in [9.17, 15) is 31.2 Å². The Balaban J connectivity index is 2.06. The molecule has 3 N–H and O–H groups in total. The van der Waals surface area contributed by atoms with Crippen molar-refractivity contribution in [3.05, 3.63) is 53.6 Å². The average molecular weight is 429 g/mol. The summed E-state index contributed by atoms with van der Waals surface area (Å²) in [6.07, 6.45) is -4.69. The van der Waals surface area contributed by atoms with Gasteiger partial charge in [-0.3, -0.25) is 9.59 Å². The number of amides is 2. The summed E-state index contributed by atoms with van der Waals surface area (Å²) in [5.41, 5.74) is 0.417. The highest BCUT2D eigenvalue weighted by Gasteiger charge is 2.31. The summed E-state index contributed by atoms with van der Waals surface area (Å²) in [6.45, 7) is 2.38. The Labute approximate surface area is 165 Å². The molecule has 29 heavy (non-hydrogen) atoms. The van der Waals surface area contributed by atoms with Crippen LogP contribution < -0.4 is 15.4 Å². The van der Waals surface area contributed by atoms with E-state index >= 15 is 0 Å². The van der Waals surface area contributed by atoms with E-state index in [1.807, 2.05) is 4.72 Å². The van der Waals surface area contributed by atoms with Crippen molar-refractivity contribution in [2.45, 2.75) is 24.9 Å². The van der Waals surface area contributed by atoms with Crippen molar-refractivity contribution in [3.63, 3.8) is 0 Å². The molecule has 2 aromatic carbocycles. The zero-order chi connectivity index (χ0) is 21.8.